The molecule has 0 amide bonds. The number of carbonyl (C=O) groups is 1. The Morgan fingerprint density at radius 2 is 2.64 bits per heavy atom. The predicted molar refractivity (Wildman–Crippen MR) is 42.5 cm³/mol. The third-order valence-corrected chi connectivity index (χ3v) is 2.31. The van der Waals surface area contributed by atoms with Crippen molar-refractivity contribution in [3.63, 3.8) is 0 Å². The standard InChI is InChI=1S/C7H9NO2S/c1-5-4-11-7(8-5)6(10)2-3-9/h3-4,6,10H,2H2,1H3. The topological polar surface area (TPSA) is 50.2 Å². The maximum Gasteiger partial charge on any atom is 0.123 e. The molecule has 3 nitrogen and oxygen atoms in total. The van der Waals surface area contributed by atoms with Gasteiger partial charge in [-0.3, -0.25) is 0 Å². The summed E-state index contributed by atoms with van der Waals surface area (Å²) >= 11 is 1.38. The van der Waals surface area contributed by atoms with E-state index in [1.807, 2.05) is 12.3 Å². The second kappa shape index (κ2) is 3.59. The van der Waals surface area contributed by atoms with Crippen molar-refractivity contribution >= 4 is 17.6 Å². The molecule has 1 aromatic heterocycles. The number of aliphatic hydroxyl groups is 1. The zero-order valence-corrected chi connectivity index (χ0v) is 6.97. The van der Waals surface area contributed by atoms with Gasteiger partial charge in [-0.15, -0.1) is 11.3 Å². The fraction of sp³-hybridized carbons (Fsp3) is 0.429. The van der Waals surface area contributed by atoms with E-state index in [1.165, 1.54) is 11.3 Å². The molecule has 0 bridgehead atoms. The minimum absolute atomic E-state index is 0.132. The lowest BCUT2D eigenvalue weighted by molar-refractivity contribution is -0.109. The van der Waals surface area contributed by atoms with Crippen molar-refractivity contribution in [2.24, 2.45) is 0 Å². The molecule has 0 radical (unpaired) electrons. The van der Waals surface area contributed by atoms with Crippen molar-refractivity contribution in [2.75, 3.05) is 0 Å². The van der Waals surface area contributed by atoms with Crippen LogP contribution in [0.2, 0.25) is 0 Å². The molecule has 4 heteroatoms. The van der Waals surface area contributed by atoms with Gasteiger partial charge in [0.05, 0.1) is 0 Å². The highest BCUT2D eigenvalue weighted by Gasteiger charge is 2.09. The van der Waals surface area contributed by atoms with Crippen LogP contribution in [-0.2, 0) is 4.79 Å². The lowest BCUT2D eigenvalue weighted by Gasteiger charge is -1.99. The number of rotatable bonds is 3. The Balaban J connectivity index is 2.67. The van der Waals surface area contributed by atoms with E-state index in [2.05, 4.69) is 4.98 Å². The van der Waals surface area contributed by atoms with E-state index in [9.17, 15) is 9.90 Å². The van der Waals surface area contributed by atoms with Gasteiger partial charge in [-0.1, -0.05) is 0 Å². The highest BCUT2D eigenvalue weighted by molar-refractivity contribution is 7.09. The van der Waals surface area contributed by atoms with E-state index in [4.69, 9.17) is 0 Å². The number of aryl methyl sites for hydroxylation is 1. The van der Waals surface area contributed by atoms with Crippen LogP contribution in [0.25, 0.3) is 0 Å². The molecule has 0 aliphatic carbocycles. The molecule has 11 heavy (non-hydrogen) atoms. The van der Waals surface area contributed by atoms with E-state index >= 15 is 0 Å². The summed E-state index contributed by atoms with van der Waals surface area (Å²) in [5.74, 6) is 0. The normalized spacial score (nSPS) is 12.9. The minimum Gasteiger partial charge on any atom is -0.385 e. The number of aldehydes is 1. The van der Waals surface area contributed by atoms with Gasteiger partial charge in [0, 0.05) is 17.5 Å². The lowest BCUT2D eigenvalue weighted by atomic mass is 10.3. The monoisotopic (exact) mass is 171 g/mol. The molecular formula is C7H9NO2S. The van der Waals surface area contributed by atoms with Crippen molar-refractivity contribution in [1.29, 1.82) is 0 Å². The SMILES string of the molecule is Cc1csc(C(O)CC=O)n1. The number of hydrogen-bond acceptors (Lipinski definition) is 4. The first-order valence-electron chi connectivity index (χ1n) is 3.27. The second-order valence-corrected chi connectivity index (χ2v) is 3.13. The third kappa shape index (κ3) is 2.10. The van der Waals surface area contributed by atoms with Crippen LogP contribution in [-0.4, -0.2) is 16.4 Å². The first kappa shape index (κ1) is 8.36. The summed E-state index contributed by atoms with van der Waals surface area (Å²) in [7, 11) is 0. The Morgan fingerprint density at radius 3 is 3.09 bits per heavy atom. The van der Waals surface area contributed by atoms with Crippen LogP contribution in [0.15, 0.2) is 5.38 Å². The maximum atomic E-state index is 10.0. The largest absolute Gasteiger partial charge is 0.385 e. The van der Waals surface area contributed by atoms with E-state index < -0.39 is 6.10 Å². The Hall–Kier alpha value is -0.740. The first-order valence-corrected chi connectivity index (χ1v) is 4.15. The Morgan fingerprint density at radius 1 is 1.91 bits per heavy atom. The Labute approximate surface area is 68.7 Å². The molecule has 60 valence electrons. The molecule has 0 aliphatic heterocycles. The fourth-order valence-electron chi connectivity index (χ4n) is 0.717. The molecule has 1 N–H and O–H groups in total. The summed E-state index contributed by atoms with van der Waals surface area (Å²) in [5.41, 5.74) is 0.884. The van der Waals surface area contributed by atoms with Gasteiger partial charge in [0.1, 0.15) is 17.4 Å². The number of nitrogens with zero attached hydrogens (tertiary/aromatic N) is 1. The zero-order valence-electron chi connectivity index (χ0n) is 6.15. The van der Waals surface area contributed by atoms with Crippen molar-refractivity contribution in [2.45, 2.75) is 19.4 Å². The molecular weight excluding hydrogens is 162 g/mol. The molecule has 1 unspecified atom stereocenters. The minimum atomic E-state index is -0.716. The Bertz CT molecular complexity index is 246. The van der Waals surface area contributed by atoms with Crippen molar-refractivity contribution in [3.8, 4) is 0 Å². The average molecular weight is 171 g/mol. The van der Waals surface area contributed by atoms with Gasteiger partial charge in [-0.25, -0.2) is 4.98 Å². The second-order valence-electron chi connectivity index (χ2n) is 2.25. The molecule has 1 rings (SSSR count). The highest BCUT2D eigenvalue weighted by Crippen LogP contribution is 2.19. The summed E-state index contributed by atoms with van der Waals surface area (Å²) in [4.78, 5) is 14.1. The predicted octanol–water partition coefficient (Wildman–Crippen LogP) is 1.07. The van der Waals surface area contributed by atoms with E-state index in [-0.39, 0.29) is 6.42 Å². The van der Waals surface area contributed by atoms with Crippen molar-refractivity contribution in [3.05, 3.63) is 16.1 Å². The summed E-state index contributed by atoms with van der Waals surface area (Å²) in [6, 6.07) is 0. The van der Waals surface area contributed by atoms with E-state index in [1.54, 1.807) is 0 Å². The number of carbonyl (C=O) groups excluding carboxylic acids is 1. The van der Waals surface area contributed by atoms with Crippen LogP contribution in [0.5, 0.6) is 0 Å². The number of thiazole rings is 1. The van der Waals surface area contributed by atoms with Crippen molar-refractivity contribution in [1.82, 2.24) is 4.98 Å². The number of aliphatic hydroxyl groups excluding tert-OH is 1. The van der Waals surface area contributed by atoms with E-state index in [0.717, 1.165) is 5.69 Å². The van der Waals surface area contributed by atoms with Gasteiger partial charge in [-0.05, 0) is 6.92 Å². The quantitative estimate of drug-likeness (QED) is 0.692. The molecule has 0 spiro atoms. The third-order valence-electron chi connectivity index (χ3n) is 1.24. The smallest absolute Gasteiger partial charge is 0.123 e. The van der Waals surface area contributed by atoms with Crippen LogP contribution in [0, 0.1) is 6.92 Å². The first-order chi connectivity index (χ1) is 5.24. The number of aromatic nitrogens is 1. The van der Waals surface area contributed by atoms with Gasteiger partial charge in [0.25, 0.3) is 0 Å². The van der Waals surface area contributed by atoms with Crippen LogP contribution < -0.4 is 0 Å². The molecule has 0 aliphatic rings. The van der Waals surface area contributed by atoms with Crippen LogP contribution in [0.4, 0.5) is 0 Å². The molecule has 0 fully saturated rings. The summed E-state index contributed by atoms with van der Waals surface area (Å²) in [6.45, 7) is 1.85. The summed E-state index contributed by atoms with van der Waals surface area (Å²) in [5, 5.41) is 11.7. The van der Waals surface area contributed by atoms with Gasteiger partial charge in [0.15, 0.2) is 0 Å². The fourth-order valence-corrected chi connectivity index (χ4v) is 1.51. The summed E-state index contributed by atoms with van der Waals surface area (Å²) < 4.78 is 0. The van der Waals surface area contributed by atoms with Gasteiger partial charge in [-0.2, -0.15) is 0 Å². The molecule has 1 heterocycles. The van der Waals surface area contributed by atoms with Crippen LogP contribution in [0.1, 0.15) is 23.2 Å². The van der Waals surface area contributed by atoms with Crippen LogP contribution in [0.3, 0.4) is 0 Å². The number of hydrogen-bond donors (Lipinski definition) is 1. The maximum absolute atomic E-state index is 10.0. The molecule has 0 aromatic carbocycles. The van der Waals surface area contributed by atoms with Gasteiger partial charge in [0.2, 0.25) is 0 Å². The van der Waals surface area contributed by atoms with Crippen molar-refractivity contribution < 1.29 is 9.90 Å². The lowest BCUT2D eigenvalue weighted by Crippen LogP contribution is -1.96. The highest BCUT2D eigenvalue weighted by atomic mass is 32.1. The van der Waals surface area contributed by atoms with Gasteiger partial charge < -0.3 is 9.90 Å². The molecule has 1 aromatic rings. The van der Waals surface area contributed by atoms with Gasteiger partial charge >= 0.3 is 0 Å². The Kier molecular flexibility index (Phi) is 2.73. The molecule has 1 atom stereocenters. The van der Waals surface area contributed by atoms with Crippen LogP contribution >= 0.6 is 11.3 Å². The molecule has 0 saturated carbocycles. The zero-order chi connectivity index (χ0) is 8.27. The molecule has 0 saturated heterocycles. The average Bonchev–Trinajstić information content (AvgIpc) is 2.36. The summed E-state index contributed by atoms with van der Waals surface area (Å²) in [6.07, 6.45) is 0.111. The van der Waals surface area contributed by atoms with E-state index in [0.29, 0.717) is 11.3 Å².